The van der Waals surface area contributed by atoms with Crippen molar-refractivity contribution in [3.05, 3.63) is 69.5 Å². The van der Waals surface area contributed by atoms with E-state index in [1.807, 2.05) is 13.8 Å². The monoisotopic (exact) mass is 497 g/mol. The van der Waals surface area contributed by atoms with Crippen molar-refractivity contribution in [3.63, 3.8) is 0 Å². The van der Waals surface area contributed by atoms with Gasteiger partial charge in [-0.1, -0.05) is 29.3 Å². The molecule has 2 aromatic heterocycles. The zero-order valence-corrected chi connectivity index (χ0v) is 19.9. The van der Waals surface area contributed by atoms with E-state index < -0.39 is 5.60 Å². The fraction of sp³-hybridized carbons (Fsp3) is 0.208. The minimum atomic E-state index is -0.485. The summed E-state index contributed by atoms with van der Waals surface area (Å²) >= 11 is 12.6. The van der Waals surface area contributed by atoms with Gasteiger partial charge in [-0.15, -0.1) is 0 Å². The van der Waals surface area contributed by atoms with Gasteiger partial charge in [-0.3, -0.25) is 9.78 Å². The molecule has 1 amide bonds. The minimum absolute atomic E-state index is 0.170. The lowest BCUT2D eigenvalue weighted by atomic mass is 9.98. The predicted molar refractivity (Wildman–Crippen MR) is 132 cm³/mol. The molecule has 1 aliphatic rings. The molecule has 3 heterocycles. The molecular formula is C24H21Cl2N5O3. The Morgan fingerprint density at radius 2 is 2.00 bits per heavy atom. The number of anilines is 3. The number of aromatic amines is 1. The van der Waals surface area contributed by atoms with E-state index in [4.69, 9.17) is 27.9 Å². The number of nitrogens with zero attached hydrogens (tertiary/aromatic N) is 2. The number of aliphatic hydroxyl groups excluding tert-OH is 1. The molecule has 4 N–H and O–H groups in total. The maximum atomic E-state index is 13.2. The molecule has 0 saturated carbocycles. The van der Waals surface area contributed by atoms with Gasteiger partial charge < -0.3 is 25.5 Å². The van der Waals surface area contributed by atoms with E-state index >= 15 is 0 Å². The Morgan fingerprint density at radius 1 is 1.24 bits per heavy atom. The summed E-state index contributed by atoms with van der Waals surface area (Å²) in [7, 11) is 0. The fourth-order valence-electron chi connectivity index (χ4n) is 3.98. The quantitative estimate of drug-likeness (QED) is 0.291. The van der Waals surface area contributed by atoms with Crippen LogP contribution in [-0.4, -0.2) is 31.6 Å². The third-order valence-electron chi connectivity index (χ3n) is 5.51. The normalized spacial score (nSPS) is 14.0. The van der Waals surface area contributed by atoms with Gasteiger partial charge in [-0.2, -0.15) is 0 Å². The topological polar surface area (TPSA) is 112 Å². The predicted octanol–water partition coefficient (Wildman–Crippen LogP) is 5.47. The molecule has 4 aromatic rings. The molecule has 0 unspecified atom stereocenters. The van der Waals surface area contributed by atoms with Crippen LogP contribution in [0.25, 0.3) is 11.0 Å². The van der Waals surface area contributed by atoms with E-state index in [0.717, 1.165) is 11.1 Å². The number of amides is 1. The second-order valence-corrected chi connectivity index (χ2v) is 9.44. The zero-order chi connectivity index (χ0) is 24.0. The van der Waals surface area contributed by atoms with E-state index in [0.29, 0.717) is 56.3 Å². The highest BCUT2D eigenvalue weighted by molar-refractivity contribution is 6.39. The summed E-state index contributed by atoms with van der Waals surface area (Å²) in [4.78, 5) is 25.2. The van der Waals surface area contributed by atoms with E-state index in [1.54, 1.807) is 36.4 Å². The van der Waals surface area contributed by atoms with E-state index in [2.05, 4.69) is 25.6 Å². The Bertz CT molecular complexity index is 1400. The number of hydrogen-bond acceptors (Lipinski definition) is 6. The fourth-order valence-corrected chi connectivity index (χ4v) is 4.47. The molecule has 10 heteroatoms. The number of carbonyl (C=O) groups excluding carboxylic acids is 1. The van der Waals surface area contributed by atoms with Crippen LogP contribution in [0.1, 0.15) is 35.5 Å². The summed E-state index contributed by atoms with van der Waals surface area (Å²) < 4.78 is 6.17. The summed E-state index contributed by atoms with van der Waals surface area (Å²) in [5.74, 6) is 0.611. The smallest absolute Gasteiger partial charge is 0.259 e. The molecule has 0 saturated heterocycles. The number of nitrogens with one attached hydrogen (secondary N) is 3. The zero-order valence-electron chi connectivity index (χ0n) is 18.4. The first-order valence-corrected chi connectivity index (χ1v) is 11.3. The van der Waals surface area contributed by atoms with Crippen molar-refractivity contribution < 1.29 is 14.6 Å². The summed E-state index contributed by atoms with van der Waals surface area (Å²) in [6.07, 6.45) is 2.10. The summed E-state index contributed by atoms with van der Waals surface area (Å²) in [5, 5.41) is 16.1. The second kappa shape index (κ2) is 8.47. The van der Waals surface area contributed by atoms with Gasteiger partial charge in [-0.25, -0.2) is 4.98 Å². The van der Waals surface area contributed by atoms with Gasteiger partial charge in [0.2, 0.25) is 5.95 Å². The number of fused-ring (bicyclic) bond motifs is 3. The number of hydrogen-bond donors (Lipinski definition) is 4. The highest BCUT2D eigenvalue weighted by Gasteiger charge is 2.36. The number of aliphatic hydroxyl groups is 1. The first-order valence-electron chi connectivity index (χ1n) is 10.6. The molecule has 0 aliphatic carbocycles. The van der Waals surface area contributed by atoms with Crippen molar-refractivity contribution in [3.8, 4) is 5.75 Å². The van der Waals surface area contributed by atoms with Gasteiger partial charge in [0, 0.05) is 12.0 Å². The molecule has 34 heavy (non-hydrogen) atoms. The van der Waals surface area contributed by atoms with Crippen LogP contribution in [0.3, 0.4) is 0 Å². The molecule has 2 aromatic carbocycles. The van der Waals surface area contributed by atoms with Crippen molar-refractivity contribution in [1.82, 2.24) is 15.0 Å². The van der Waals surface area contributed by atoms with Crippen molar-refractivity contribution in [1.29, 1.82) is 0 Å². The number of rotatable bonds is 5. The number of benzene rings is 2. The first-order chi connectivity index (χ1) is 16.2. The molecule has 5 rings (SSSR count). The average molecular weight is 498 g/mol. The molecule has 1 aliphatic heterocycles. The van der Waals surface area contributed by atoms with Crippen LogP contribution in [0, 0.1) is 0 Å². The average Bonchev–Trinajstić information content (AvgIpc) is 3.35. The van der Waals surface area contributed by atoms with Gasteiger partial charge >= 0.3 is 0 Å². The lowest BCUT2D eigenvalue weighted by molar-refractivity contribution is 0.101. The third kappa shape index (κ3) is 4.16. The largest absolute Gasteiger partial charge is 0.486 e. The molecular weight excluding hydrogens is 477 g/mol. The number of ether oxygens (including phenoxy) is 1. The standard InChI is InChI=1S/C24H21Cl2N5O3/c1-24(2)9-15-19-18(29-23(30-19)31-20-16(25)4-3-5-17(20)26)8-14(21(15)34-24)22(33)28-12-6-7-13(11-32)27-10-12/h3-8,10,32H,9,11H2,1-2H3,(H,28,33)(H2,29,30,31). The Kier molecular flexibility index (Phi) is 5.59. The Balaban J connectivity index is 1.54. The van der Waals surface area contributed by atoms with Crippen molar-refractivity contribution in [2.45, 2.75) is 32.5 Å². The van der Waals surface area contributed by atoms with Gasteiger partial charge in [0.25, 0.3) is 5.91 Å². The van der Waals surface area contributed by atoms with Crippen molar-refractivity contribution >= 4 is 57.5 Å². The second-order valence-electron chi connectivity index (χ2n) is 8.62. The lowest BCUT2D eigenvalue weighted by Crippen LogP contribution is -2.25. The third-order valence-corrected chi connectivity index (χ3v) is 6.14. The van der Waals surface area contributed by atoms with Crippen LogP contribution in [0.2, 0.25) is 10.0 Å². The summed E-state index contributed by atoms with van der Waals surface area (Å²) in [6.45, 7) is 3.77. The molecule has 174 valence electrons. The molecule has 8 nitrogen and oxygen atoms in total. The summed E-state index contributed by atoms with van der Waals surface area (Å²) in [6, 6.07) is 10.3. The van der Waals surface area contributed by atoms with Crippen molar-refractivity contribution in [2.75, 3.05) is 10.6 Å². The van der Waals surface area contributed by atoms with Crippen LogP contribution < -0.4 is 15.4 Å². The number of carbonyl (C=O) groups is 1. The molecule has 0 bridgehead atoms. The Hall–Kier alpha value is -3.33. The Labute approximate surface area is 205 Å². The van der Waals surface area contributed by atoms with Crippen LogP contribution >= 0.6 is 23.2 Å². The molecule has 0 radical (unpaired) electrons. The number of halogens is 2. The van der Waals surface area contributed by atoms with Crippen LogP contribution in [0.15, 0.2) is 42.6 Å². The summed E-state index contributed by atoms with van der Waals surface area (Å²) in [5.41, 5.74) is 3.68. The van der Waals surface area contributed by atoms with E-state index in [1.165, 1.54) is 6.20 Å². The van der Waals surface area contributed by atoms with Gasteiger partial charge in [0.1, 0.15) is 11.4 Å². The lowest BCUT2D eigenvalue weighted by Gasteiger charge is -2.18. The first kappa shape index (κ1) is 22.5. The van der Waals surface area contributed by atoms with Gasteiger partial charge in [0.05, 0.1) is 56.5 Å². The van der Waals surface area contributed by atoms with Crippen LogP contribution in [-0.2, 0) is 13.0 Å². The van der Waals surface area contributed by atoms with Gasteiger partial charge in [-0.05, 0) is 44.2 Å². The number of H-pyrrole nitrogens is 1. The van der Waals surface area contributed by atoms with Gasteiger partial charge in [0.15, 0.2) is 0 Å². The van der Waals surface area contributed by atoms with E-state index in [9.17, 15) is 9.90 Å². The maximum absolute atomic E-state index is 13.2. The number of aromatic nitrogens is 3. The highest BCUT2D eigenvalue weighted by Crippen LogP contribution is 2.43. The SMILES string of the molecule is CC1(C)Cc2c(c(C(=O)Nc3ccc(CO)nc3)cc3nc(Nc4c(Cl)cccc4Cl)[nH]c23)O1. The highest BCUT2D eigenvalue weighted by atomic mass is 35.5. The molecule has 0 spiro atoms. The number of pyridine rings is 1. The molecule has 0 fully saturated rings. The van der Waals surface area contributed by atoms with Crippen LogP contribution in [0.4, 0.5) is 17.3 Å². The van der Waals surface area contributed by atoms with E-state index in [-0.39, 0.29) is 12.5 Å². The minimum Gasteiger partial charge on any atom is -0.486 e. The van der Waals surface area contributed by atoms with Crippen molar-refractivity contribution in [2.24, 2.45) is 0 Å². The number of imidazole rings is 1. The maximum Gasteiger partial charge on any atom is 0.259 e. The Morgan fingerprint density at radius 3 is 2.68 bits per heavy atom. The molecule has 0 atom stereocenters. The van der Waals surface area contributed by atoms with Crippen LogP contribution in [0.5, 0.6) is 5.75 Å². The number of para-hydroxylation sites is 1.